The Hall–Kier alpha value is -2.56. The molecule has 1 unspecified atom stereocenters. The van der Waals surface area contributed by atoms with Gasteiger partial charge in [-0.3, -0.25) is 9.89 Å². The average Bonchev–Trinajstić information content (AvgIpc) is 3.20. The second-order valence-electron chi connectivity index (χ2n) is 5.64. The predicted octanol–water partition coefficient (Wildman–Crippen LogP) is 3.77. The van der Waals surface area contributed by atoms with Crippen molar-refractivity contribution in [1.82, 2.24) is 10.2 Å². The van der Waals surface area contributed by atoms with Gasteiger partial charge >= 0.3 is 0 Å². The molecule has 5 nitrogen and oxygen atoms in total. The highest BCUT2D eigenvalue weighted by Crippen LogP contribution is 2.24. The van der Waals surface area contributed by atoms with E-state index in [1.165, 1.54) is 0 Å². The van der Waals surface area contributed by atoms with Gasteiger partial charge in [-0.25, -0.2) is 0 Å². The second-order valence-corrected chi connectivity index (χ2v) is 5.64. The number of hydrogen-bond acceptors (Lipinski definition) is 3. The van der Waals surface area contributed by atoms with E-state index in [2.05, 4.69) is 27.7 Å². The standard InChI is InChI=1S/C18H21N3O2/c1-2-23-15-9-7-14(8-10-15)16-12-17(21-20-16)19-18(22)11-13-5-3-4-6-13/h3,5,7-10,12-13H,2,4,6,11H2,1H3,(H2,19,20,21,22). The fourth-order valence-electron chi connectivity index (χ4n) is 2.73. The summed E-state index contributed by atoms with van der Waals surface area (Å²) < 4.78 is 5.43. The molecule has 0 aliphatic heterocycles. The molecule has 1 aliphatic rings. The summed E-state index contributed by atoms with van der Waals surface area (Å²) in [5.41, 5.74) is 1.87. The van der Waals surface area contributed by atoms with E-state index in [9.17, 15) is 4.79 Å². The Bertz CT molecular complexity index is 689. The molecular formula is C18H21N3O2. The number of amides is 1. The number of nitrogens with zero attached hydrogens (tertiary/aromatic N) is 1. The number of aromatic amines is 1. The summed E-state index contributed by atoms with van der Waals surface area (Å²) in [6, 6.07) is 9.62. The first-order valence-corrected chi connectivity index (χ1v) is 7.99. The number of carbonyl (C=O) groups excluding carboxylic acids is 1. The topological polar surface area (TPSA) is 67.0 Å². The smallest absolute Gasteiger partial charge is 0.226 e. The molecule has 0 radical (unpaired) electrons. The minimum absolute atomic E-state index is 0.00583. The van der Waals surface area contributed by atoms with E-state index in [1.54, 1.807) is 0 Å². The molecule has 1 aromatic heterocycles. The van der Waals surface area contributed by atoms with Crippen LogP contribution in [-0.2, 0) is 4.79 Å². The molecule has 1 amide bonds. The van der Waals surface area contributed by atoms with Crippen LogP contribution in [0.25, 0.3) is 11.3 Å². The molecule has 2 N–H and O–H groups in total. The van der Waals surface area contributed by atoms with E-state index in [1.807, 2.05) is 37.3 Å². The van der Waals surface area contributed by atoms with Crippen molar-refractivity contribution in [3.05, 3.63) is 42.5 Å². The first kappa shape index (κ1) is 15.3. The number of carbonyl (C=O) groups is 1. The molecule has 0 saturated carbocycles. The summed E-state index contributed by atoms with van der Waals surface area (Å²) in [4.78, 5) is 12.0. The third-order valence-corrected chi connectivity index (χ3v) is 3.88. The quantitative estimate of drug-likeness (QED) is 0.798. The summed E-state index contributed by atoms with van der Waals surface area (Å²) in [5, 5.41) is 9.96. The summed E-state index contributed by atoms with van der Waals surface area (Å²) in [7, 11) is 0. The van der Waals surface area contributed by atoms with Crippen molar-refractivity contribution in [2.75, 3.05) is 11.9 Å². The van der Waals surface area contributed by atoms with Crippen LogP contribution in [0, 0.1) is 5.92 Å². The zero-order valence-electron chi connectivity index (χ0n) is 13.2. The maximum absolute atomic E-state index is 12.0. The fourth-order valence-corrected chi connectivity index (χ4v) is 2.73. The van der Waals surface area contributed by atoms with Crippen molar-refractivity contribution in [3.8, 4) is 17.0 Å². The third-order valence-electron chi connectivity index (χ3n) is 3.88. The average molecular weight is 311 g/mol. The zero-order chi connectivity index (χ0) is 16.1. The number of hydrogen-bond donors (Lipinski definition) is 2. The Morgan fingerprint density at radius 1 is 1.39 bits per heavy atom. The molecule has 1 atom stereocenters. The van der Waals surface area contributed by atoms with Crippen molar-refractivity contribution < 1.29 is 9.53 Å². The third kappa shape index (κ3) is 4.00. The van der Waals surface area contributed by atoms with Gasteiger partial charge in [0.15, 0.2) is 5.82 Å². The molecule has 1 heterocycles. The molecule has 1 aromatic carbocycles. The number of ether oxygens (including phenoxy) is 1. The number of benzene rings is 1. The number of rotatable bonds is 6. The normalized spacial score (nSPS) is 16.5. The monoisotopic (exact) mass is 311 g/mol. The highest BCUT2D eigenvalue weighted by molar-refractivity contribution is 5.90. The van der Waals surface area contributed by atoms with Crippen LogP contribution in [0.2, 0.25) is 0 Å². The van der Waals surface area contributed by atoms with Crippen LogP contribution in [0.15, 0.2) is 42.5 Å². The maximum atomic E-state index is 12.0. The number of nitrogens with one attached hydrogen (secondary N) is 2. The van der Waals surface area contributed by atoms with Gasteiger partial charge in [0.2, 0.25) is 5.91 Å². The van der Waals surface area contributed by atoms with Gasteiger partial charge in [-0.2, -0.15) is 5.10 Å². The van der Waals surface area contributed by atoms with Gasteiger partial charge in [0.1, 0.15) is 5.75 Å². The van der Waals surface area contributed by atoms with Crippen molar-refractivity contribution in [2.24, 2.45) is 5.92 Å². The highest BCUT2D eigenvalue weighted by atomic mass is 16.5. The largest absolute Gasteiger partial charge is 0.494 e. The van der Waals surface area contributed by atoms with Crippen LogP contribution < -0.4 is 10.1 Å². The molecule has 2 aromatic rings. The van der Waals surface area contributed by atoms with Gasteiger partial charge in [0, 0.05) is 12.5 Å². The Morgan fingerprint density at radius 2 is 2.22 bits per heavy atom. The molecule has 0 bridgehead atoms. The van der Waals surface area contributed by atoms with E-state index in [4.69, 9.17) is 4.74 Å². The Labute approximate surface area is 135 Å². The van der Waals surface area contributed by atoms with Crippen LogP contribution in [0.5, 0.6) is 5.75 Å². The lowest BCUT2D eigenvalue weighted by atomic mass is 10.1. The van der Waals surface area contributed by atoms with Crippen molar-refractivity contribution in [3.63, 3.8) is 0 Å². The van der Waals surface area contributed by atoms with Gasteiger partial charge in [-0.05, 0) is 55.5 Å². The molecule has 0 saturated heterocycles. The van der Waals surface area contributed by atoms with Gasteiger partial charge in [0.25, 0.3) is 0 Å². The first-order valence-electron chi connectivity index (χ1n) is 7.99. The molecular weight excluding hydrogens is 290 g/mol. The fraction of sp³-hybridized carbons (Fsp3) is 0.333. The van der Waals surface area contributed by atoms with Crippen LogP contribution >= 0.6 is 0 Å². The van der Waals surface area contributed by atoms with E-state index >= 15 is 0 Å². The second kappa shape index (κ2) is 7.13. The van der Waals surface area contributed by atoms with E-state index in [-0.39, 0.29) is 5.91 Å². The zero-order valence-corrected chi connectivity index (χ0v) is 13.2. The Balaban J connectivity index is 1.60. The lowest BCUT2D eigenvalue weighted by molar-refractivity contribution is -0.116. The molecule has 23 heavy (non-hydrogen) atoms. The molecule has 0 fully saturated rings. The van der Waals surface area contributed by atoms with Gasteiger partial charge in [0.05, 0.1) is 12.3 Å². The lowest BCUT2D eigenvalue weighted by Gasteiger charge is -2.06. The van der Waals surface area contributed by atoms with Crippen molar-refractivity contribution >= 4 is 11.7 Å². The summed E-state index contributed by atoms with van der Waals surface area (Å²) in [6.07, 6.45) is 6.90. The van der Waals surface area contributed by atoms with Gasteiger partial charge < -0.3 is 10.1 Å². The van der Waals surface area contributed by atoms with Gasteiger partial charge in [-0.15, -0.1) is 0 Å². The molecule has 0 spiro atoms. The number of allylic oxidation sites excluding steroid dienone is 2. The van der Waals surface area contributed by atoms with Crippen LogP contribution in [0.3, 0.4) is 0 Å². The molecule has 120 valence electrons. The van der Waals surface area contributed by atoms with Gasteiger partial charge in [-0.1, -0.05) is 12.2 Å². The maximum Gasteiger partial charge on any atom is 0.226 e. The number of H-pyrrole nitrogens is 1. The molecule has 5 heteroatoms. The predicted molar refractivity (Wildman–Crippen MR) is 90.3 cm³/mol. The number of anilines is 1. The summed E-state index contributed by atoms with van der Waals surface area (Å²) in [6.45, 7) is 2.61. The molecule has 1 aliphatic carbocycles. The number of aromatic nitrogens is 2. The SMILES string of the molecule is CCOc1ccc(-c2cc(NC(=O)CC3C=CCC3)n[nH]2)cc1. The molecule has 3 rings (SSSR count). The van der Waals surface area contributed by atoms with Crippen molar-refractivity contribution in [2.45, 2.75) is 26.2 Å². The van der Waals surface area contributed by atoms with Crippen LogP contribution in [0.1, 0.15) is 26.2 Å². The minimum Gasteiger partial charge on any atom is -0.494 e. The van der Waals surface area contributed by atoms with Crippen LogP contribution in [0.4, 0.5) is 5.82 Å². The van der Waals surface area contributed by atoms with Crippen LogP contribution in [-0.4, -0.2) is 22.7 Å². The Kier molecular flexibility index (Phi) is 4.76. The lowest BCUT2D eigenvalue weighted by Crippen LogP contribution is -2.14. The first-order chi connectivity index (χ1) is 11.2. The van der Waals surface area contributed by atoms with Crippen molar-refractivity contribution in [1.29, 1.82) is 0 Å². The summed E-state index contributed by atoms with van der Waals surface area (Å²) in [5.74, 6) is 1.76. The summed E-state index contributed by atoms with van der Waals surface area (Å²) >= 11 is 0. The highest BCUT2D eigenvalue weighted by Gasteiger charge is 2.15. The van der Waals surface area contributed by atoms with E-state index in [0.717, 1.165) is 29.8 Å². The Morgan fingerprint density at radius 3 is 2.91 bits per heavy atom. The minimum atomic E-state index is 0.00583. The van der Waals surface area contributed by atoms with E-state index in [0.29, 0.717) is 24.8 Å². The van der Waals surface area contributed by atoms with E-state index < -0.39 is 0 Å².